The lowest BCUT2D eigenvalue weighted by atomic mass is 10.2. The number of rotatable bonds is 6. The average molecular weight is 295 g/mol. The molecule has 6 heteroatoms. The summed E-state index contributed by atoms with van der Waals surface area (Å²) in [6, 6.07) is 9.14. The molecule has 0 spiro atoms. The van der Waals surface area contributed by atoms with Gasteiger partial charge in [-0.25, -0.2) is 8.42 Å². The van der Waals surface area contributed by atoms with Gasteiger partial charge in [0.05, 0.1) is 17.2 Å². The van der Waals surface area contributed by atoms with E-state index in [-0.39, 0.29) is 18.1 Å². The summed E-state index contributed by atoms with van der Waals surface area (Å²) < 4.78 is 34.5. The van der Waals surface area contributed by atoms with E-state index < -0.39 is 9.84 Å². The summed E-state index contributed by atoms with van der Waals surface area (Å²) in [5.74, 6) is 1.12. The van der Waals surface area contributed by atoms with Crippen LogP contribution in [-0.2, 0) is 15.6 Å². The topological polar surface area (TPSA) is 69.4 Å². The molecule has 0 aliphatic heterocycles. The smallest absolute Gasteiger partial charge is 0.157 e. The Morgan fingerprint density at radius 1 is 1.20 bits per heavy atom. The van der Waals surface area contributed by atoms with E-state index in [2.05, 4.69) is 5.16 Å². The zero-order chi connectivity index (χ0) is 14.6. The van der Waals surface area contributed by atoms with E-state index >= 15 is 0 Å². The lowest BCUT2D eigenvalue weighted by molar-refractivity contribution is 0.341. The Labute approximate surface area is 118 Å². The maximum Gasteiger partial charge on any atom is 0.157 e. The molecule has 0 fully saturated rings. The first-order chi connectivity index (χ1) is 9.48. The Balaban J connectivity index is 1.92. The van der Waals surface area contributed by atoms with Crippen molar-refractivity contribution in [1.82, 2.24) is 5.16 Å². The first-order valence-electron chi connectivity index (χ1n) is 6.28. The zero-order valence-electron chi connectivity index (χ0n) is 11.5. The molecule has 108 valence electrons. The summed E-state index contributed by atoms with van der Waals surface area (Å²) in [4.78, 5) is 0. The van der Waals surface area contributed by atoms with E-state index in [0.29, 0.717) is 22.8 Å². The molecule has 0 saturated heterocycles. The number of para-hydroxylation sites is 1. The summed E-state index contributed by atoms with van der Waals surface area (Å²) in [5.41, 5.74) is 1.26. The monoisotopic (exact) mass is 295 g/mol. The van der Waals surface area contributed by atoms with Crippen LogP contribution in [-0.4, -0.2) is 25.9 Å². The van der Waals surface area contributed by atoms with E-state index in [1.807, 2.05) is 18.2 Å². The Morgan fingerprint density at radius 3 is 2.50 bits per heavy atom. The predicted molar refractivity (Wildman–Crippen MR) is 75.4 cm³/mol. The maximum atomic E-state index is 12.0. The van der Waals surface area contributed by atoms with E-state index in [1.54, 1.807) is 26.0 Å². The van der Waals surface area contributed by atoms with Gasteiger partial charge in [-0.3, -0.25) is 0 Å². The van der Waals surface area contributed by atoms with Crippen LogP contribution >= 0.6 is 0 Å². The van der Waals surface area contributed by atoms with E-state index in [1.165, 1.54) is 0 Å². The molecule has 2 rings (SSSR count). The van der Waals surface area contributed by atoms with Gasteiger partial charge < -0.3 is 9.26 Å². The highest BCUT2D eigenvalue weighted by Gasteiger charge is 2.18. The average Bonchev–Trinajstić information content (AvgIpc) is 2.71. The van der Waals surface area contributed by atoms with Crippen molar-refractivity contribution in [2.24, 2.45) is 0 Å². The summed E-state index contributed by atoms with van der Waals surface area (Å²) in [6.45, 7) is 3.59. The number of aryl methyl sites for hydroxylation is 2. The molecule has 0 radical (unpaired) electrons. The number of benzene rings is 1. The maximum absolute atomic E-state index is 12.0. The predicted octanol–water partition coefficient (Wildman–Crippen LogP) is 2.29. The number of sulfone groups is 1. The highest BCUT2D eigenvalue weighted by molar-refractivity contribution is 7.90. The Hall–Kier alpha value is -1.82. The molecule has 0 aliphatic carbocycles. The molecular weight excluding hydrogens is 278 g/mol. The van der Waals surface area contributed by atoms with Gasteiger partial charge in [-0.15, -0.1) is 0 Å². The van der Waals surface area contributed by atoms with Gasteiger partial charge in [0.25, 0.3) is 0 Å². The SMILES string of the molecule is Cc1noc(C)c1CS(=O)(=O)CCOc1ccccc1. The molecule has 0 saturated carbocycles. The second kappa shape index (κ2) is 6.09. The third-order valence-corrected chi connectivity index (χ3v) is 4.47. The molecule has 2 aromatic rings. The van der Waals surface area contributed by atoms with Gasteiger partial charge in [-0.2, -0.15) is 0 Å². The van der Waals surface area contributed by atoms with Crippen LogP contribution in [0.25, 0.3) is 0 Å². The van der Waals surface area contributed by atoms with Gasteiger partial charge in [-0.05, 0) is 26.0 Å². The van der Waals surface area contributed by atoms with Crippen molar-refractivity contribution in [2.45, 2.75) is 19.6 Å². The number of nitrogens with zero attached hydrogens (tertiary/aromatic N) is 1. The zero-order valence-corrected chi connectivity index (χ0v) is 12.3. The quantitative estimate of drug-likeness (QED) is 0.817. The van der Waals surface area contributed by atoms with Crippen LogP contribution in [0.4, 0.5) is 0 Å². The minimum atomic E-state index is -3.24. The molecule has 0 aliphatic rings. The van der Waals surface area contributed by atoms with Crippen LogP contribution < -0.4 is 4.74 Å². The summed E-state index contributed by atoms with van der Waals surface area (Å²) in [5, 5.41) is 3.76. The Bertz CT molecular complexity index is 642. The lowest BCUT2D eigenvalue weighted by Crippen LogP contribution is -2.16. The molecule has 0 N–H and O–H groups in total. The molecule has 0 atom stereocenters. The van der Waals surface area contributed by atoms with Crippen LogP contribution in [0.1, 0.15) is 17.0 Å². The van der Waals surface area contributed by atoms with Crippen LogP contribution in [0.2, 0.25) is 0 Å². The fourth-order valence-corrected chi connectivity index (χ4v) is 3.14. The van der Waals surface area contributed by atoms with Gasteiger partial charge in [0, 0.05) is 5.56 Å². The van der Waals surface area contributed by atoms with Gasteiger partial charge in [0.1, 0.15) is 18.1 Å². The first kappa shape index (κ1) is 14.6. The van der Waals surface area contributed by atoms with Crippen LogP contribution in [0, 0.1) is 13.8 Å². The van der Waals surface area contributed by atoms with Crippen LogP contribution in [0.3, 0.4) is 0 Å². The second-order valence-electron chi connectivity index (χ2n) is 4.56. The standard InChI is InChI=1S/C14H17NO4S/c1-11-14(12(2)19-15-11)10-20(16,17)9-8-18-13-6-4-3-5-7-13/h3-7H,8-10H2,1-2H3. The molecule has 0 bridgehead atoms. The van der Waals surface area contributed by atoms with Crippen LogP contribution in [0.5, 0.6) is 5.75 Å². The van der Waals surface area contributed by atoms with Crippen molar-refractivity contribution in [3.8, 4) is 5.75 Å². The largest absolute Gasteiger partial charge is 0.493 e. The molecule has 0 amide bonds. The molecular formula is C14H17NO4S. The Kier molecular flexibility index (Phi) is 4.44. The molecule has 1 heterocycles. The van der Waals surface area contributed by atoms with Crippen molar-refractivity contribution >= 4 is 9.84 Å². The molecule has 1 aromatic carbocycles. The van der Waals surface area contributed by atoms with Gasteiger partial charge in [-0.1, -0.05) is 23.4 Å². The minimum absolute atomic E-state index is 0.0358. The van der Waals surface area contributed by atoms with Gasteiger partial charge in [0.2, 0.25) is 0 Å². The fraction of sp³-hybridized carbons (Fsp3) is 0.357. The van der Waals surface area contributed by atoms with E-state index in [4.69, 9.17) is 9.26 Å². The van der Waals surface area contributed by atoms with Crippen molar-refractivity contribution in [1.29, 1.82) is 0 Å². The number of aromatic nitrogens is 1. The summed E-state index contributed by atoms with van der Waals surface area (Å²) in [6.07, 6.45) is 0. The van der Waals surface area contributed by atoms with Crippen LogP contribution in [0.15, 0.2) is 34.9 Å². The van der Waals surface area contributed by atoms with Crippen molar-refractivity contribution in [2.75, 3.05) is 12.4 Å². The summed E-state index contributed by atoms with van der Waals surface area (Å²) >= 11 is 0. The number of ether oxygens (including phenoxy) is 1. The van der Waals surface area contributed by atoms with Crippen molar-refractivity contribution in [3.63, 3.8) is 0 Å². The molecule has 0 unspecified atom stereocenters. The second-order valence-corrected chi connectivity index (χ2v) is 6.74. The highest BCUT2D eigenvalue weighted by atomic mass is 32.2. The normalized spacial score (nSPS) is 11.5. The third kappa shape index (κ3) is 3.84. The molecule has 5 nitrogen and oxygen atoms in total. The summed E-state index contributed by atoms with van der Waals surface area (Å²) in [7, 11) is -3.24. The number of hydrogen-bond acceptors (Lipinski definition) is 5. The van der Waals surface area contributed by atoms with Gasteiger partial charge >= 0.3 is 0 Å². The third-order valence-electron chi connectivity index (χ3n) is 2.95. The number of hydrogen-bond donors (Lipinski definition) is 0. The first-order valence-corrected chi connectivity index (χ1v) is 8.10. The van der Waals surface area contributed by atoms with Crippen molar-refractivity contribution in [3.05, 3.63) is 47.3 Å². The minimum Gasteiger partial charge on any atom is -0.493 e. The van der Waals surface area contributed by atoms with Crippen molar-refractivity contribution < 1.29 is 17.7 Å². The fourth-order valence-electron chi connectivity index (χ4n) is 1.80. The van der Waals surface area contributed by atoms with Gasteiger partial charge in [0.15, 0.2) is 9.84 Å². The van der Waals surface area contributed by atoms with E-state index in [9.17, 15) is 8.42 Å². The Morgan fingerprint density at radius 2 is 1.90 bits per heavy atom. The highest BCUT2D eigenvalue weighted by Crippen LogP contribution is 2.16. The van der Waals surface area contributed by atoms with E-state index in [0.717, 1.165) is 0 Å². The molecule has 1 aromatic heterocycles. The molecule has 20 heavy (non-hydrogen) atoms. The lowest BCUT2D eigenvalue weighted by Gasteiger charge is -2.07.